The molecule has 0 unspecified atom stereocenters. The average Bonchev–Trinajstić information content (AvgIpc) is 3.08. The Balaban J connectivity index is 1.81. The highest BCUT2D eigenvalue weighted by molar-refractivity contribution is 14.1. The molecule has 0 bridgehead atoms. The summed E-state index contributed by atoms with van der Waals surface area (Å²) in [5, 5.41) is 3.92. The molecule has 3 nitrogen and oxygen atoms in total. The minimum absolute atomic E-state index is 0.148. The van der Waals surface area contributed by atoms with Crippen LogP contribution in [0.1, 0.15) is 10.4 Å². The lowest BCUT2D eigenvalue weighted by molar-refractivity contribution is 0.102. The third-order valence-corrected chi connectivity index (χ3v) is 7.03. The number of fused-ring (bicyclic) bond motifs is 1. The fraction of sp³-hybridized carbons (Fsp3) is 0. The van der Waals surface area contributed by atoms with Crippen molar-refractivity contribution < 1.29 is 4.79 Å². The molecule has 27 heavy (non-hydrogen) atoms. The minimum atomic E-state index is -0.148. The van der Waals surface area contributed by atoms with Gasteiger partial charge in [0.2, 0.25) is 0 Å². The molecule has 1 aromatic heterocycles. The Morgan fingerprint density at radius 3 is 2.56 bits per heavy atom. The number of rotatable bonds is 3. The molecular formula is C20H11Br2IN2OS. The lowest BCUT2D eigenvalue weighted by Gasteiger charge is -2.13. The summed E-state index contributed by atoms with van der Waals surface area (Å²) in [4.78, 5) is 17.6. The quantitative estimate of drug-likeness (QED) is 0.246. The maximum absolute atomic E-state index is 12.9. The van der Waals surface area contributed by atoms with Crippen molar-refractivity contribution in [2.75, 3.05) is 5.32 Å². The van der Waals surface area contributed by atoms with Crippen LogP contribution in [-0.2, 0) is 0 Å². The van der Waals surface area contributed by atoms with Crippen molar-refractivity contribution in [3.05, 3.63) is 78.7 Å². The highest BCUT2D eigenvalue weighted by Gasteiger charge is 2.18. The van der Waals surface area contributed by atoms with Crippen LogP contribution in [0.4, 0.5) is 5.69 Å². The molecule has 4 aromatic rings. The van der Waals surface area contributed by atoms with Gasteiger partial charge in [-0.3, -0.25) is 4.79 Å². The summed E-state index contributed by atoms with van der Waals surface area (Å²) in [6, 6.07) is 19.4. The number of para-hydroxylation sites is 1. The Labute approximate surface area is 190 Å². The molecular weight excluding hydrogens is 603 g/mol. The van der Waals surface area contributed by atoms with E-state index < -0.39 is 0 Å². The molecule has 0 aliphatic heterocycles. The summed E-state index contributed by atoms with van der Waals surface area (Å²) in [6.07, 6.45) is 0. The summed E-state index contributed by atoms with van der Waals surface area (Å²) in [5.41, 5.74) is 3.17. The monoisotopic (exact) mass is 612 g/mol. The normalized spacial score (nSPS) is 10.9. The van der Waals surface area contributed by atoms with Gasteiger partial charge >= 0.3 is 0 Å². The molecule has 0 radical (unpaired) electrons. The number of benzene rings is 3. The van der Waals surface area contributed by atoms with Crippen LogP contribution in [0.3, 0.4) is 0 Å². The van der Waals surface area contributed by atoms with Crippen molar-refractivity contribution in [3.8, 4) is 10.6 Å². The summed E-state index contributed by atoms with van der Waals surface area (Å²) in [6.45, 7) is 0. The van der Waals surface area contributed by atoms with Crippen molar-refractivity contribution >= 4 is 87.6 Å². The van der Waals surface area contributed by atoms with E-state index in [1.807, 2.05) is 60.7 Å². The molecule has 0 aliphatic rings. The molecule has 7 heteroatoms. The van der Waals surface area contributed by atoms with Crippen LogP contribution < -0.4 is 5.32 Å². The van der Waals surface area contributed by atoms with Gasteiger partial charge in [0, 0.05) is 18.1 Å². The predicted octanol–water partition coefficient (Wildman–Crippen LogP) is 7.35. The molecule has 0 saturated heterocycles. The maximum Gasteiger partial charge on any atom is 0.256 e. The number of nitrogens with one attached hydrogen (secondary N) is 1. The fourth-order valence-electron chi connectivity index (χ4n) is 2.68. The van der Waals surface area contributed by atoms with Crippen LogP contribution in [0.5, 0.6) is 0 Å². The third kappa shape index (κ3) is 3.96. The van der Waals surface area contributed by atoms with Gasteiger partial charge in [0.25, 0.3) is 5.91 Å². The standard InChI is InChI=1S/C20H11Br2IN2OS/c21-11-9-13(20-24-16-7-3-4-8-17(16)27-20)18(14(22)10-11)25-19(26)12-5-1-2-6-15(12)23/h1-10H,(H,25,26). The summed E-state index contributed by atoms with van der Waals surface area (Å²) in [7, 11) is 0. The number of carbonyl (C=O) groups is 1. The van der Waals surface area contributed by atoms with Crippen molar-refractivity contribution in [2.45, 2.75) is 0 Å². The SMILES string of the molecule is O=C(Nc1c(Br)cc(Br)cc1-c1nc2ccccc2s1)c1ccccc1I. The second kappa shape index (κ2) is 7.98. The number of hydrogen-bond acceptors (Lipinski definition) is 3. The fourth-order valence-corrected chi connectivity index (χ4v) is 5.63. The molecule has 4 rings (SSSR count). The van der Waals surface area contributed by atoms with Crippen LogP contribution in [0.15, 0.2) is 69.6 Å². The van der Waals surface area contributed by atoms with Gasteiger partial charge in [-0.1, -0.05) is 40.2 Å². The molecule has 1 amide bonds. The van der Waals surface area contributed by atoms with Crippen LogP contribution in [0.25, 0.3) is 20.8 Å². The lowest BCUT2D eigenvalue weighted by Crippen LogP contribution is -2.14. The van der Waals surface area contributed by atoms with Crippen molar-refractivity contribution in [2.24, 2.45) is 0 Å². The summed E-state index contributed by atoms with van der Waals surface area (Å²) in [5.74, 6) is -0.148. The second-order valence-electron chi connectivity index (χ2n) is 5.73. The largest absolute Gasteiger partial charge is 0.320 e. The topological polar surface area (TPSA) is 42.0 Å². The molecule has 134 valence electrons. The summed E-state index contributed by atoms with van der Waals surface area (Å²) >= 11 is 10.9. The van der Waals surface area contributed by atoms with Gasteiger partial charge in [0.15, 0.2) is 0 Å². The van der Waals surface area contributed by atoms with E-state index in [0.29, 0.717) is 11.3 Å². The number of amides is 1. The van der Waals surface area contributed by atoms with Crippen LogP contribution >= 0.6 is 65.8 Å². The van der Waals surface area contributed by atoms with E-state index in [1.165, 1.54) is 0 Å². The Morgan fingerprint density at radius 1 is 1.04 bits per heavy atom. The second-order valence-corrected chi connectivity index (χ2v) is 9.69. The van der Waals surface area contributed by atoms with Gasteiger partial charge in [-0.05, 0) is 74.9 Å². The molecule has 1 N–H and O–H groups in total. The van der Waals surface area contributed by atoms with Gasteiger partial charge in [0.1, 0.15) is 5.01 Å². The van der Waals surface area contributed by atoms with E-state index in [-0.39, 0.29) is 5.91 Å². The summed E-state index contributed by atoms with van der Waals surface area (Å²) < 4.78 is 3.72. The van der Waals surface area contributed by atoms with E-state index in [4.69, 9.17) is 4.98 Å². The van der Waals surface area contributed by atoms with E-state index in [2.05, 4.69) is 59.8 Å². The Kier molecular flexibility index (Phi) is 5.63. The smallest absolute Gasteiger partial charge is 0.256 e. The van der Waals surface area contributed by atoms with Crippen LogP contribution in [0.2, 0.25) is 0 Å². The van der Waals surface area contributed by atoms with Crippen LogP contribution in [-0.4, -0.2) is 10.9 Å². The first-order valence-corrected chi connectivity index (χ1v) is 11.4. The number of aromatic nitrogens is 1. The number of nitrogens with zero attached hydrogens (tertiary/aromatic N) is 1. The first kappa shape index (κ1) is 19.0. The van der Waals surface area contributed by atoms with E-state index in [0.717, 1.165) is 33.3 Å². The Morgan fingerprint density at radius 2 is 1.78 bits per heavy atom. The highest BCUT2D eigenvalue weighted by atomic mass is 127. The van der Waals surface area contributed by atoms with Crippen LogP contribution in [0, 0.1) is 3.57 Å². The molecule has 0 aliphatic carbocycles. The average molecular weight is 614 g/mol. The minimum Gasteiger partial charge on any atom is -0.320 e. The van der Waals surface area contributed by atoms with Gasteiger partial charge in [0.05, 0.1) is 21.5 Å². The number of thiazole rings is 1. The zero-order chi connectivity index (χ0) is 19.0. The lowest BCUT2D eigenvalue weighted by atomic mass is 10.1. The van der Waals surface area contributed by atoms with E-state index in [1.54, 1.807) is 11.3 Å². The van der Waals surface area contributed by atoms with Gasteiger partial charge in [-0.25, -0.2) is 4.98 Å². The zero-order valence-electron chi connectivity index (χ0n) is 13.7. The molecule has 0 atom stereocenters. The molecule has 1 heterocycles. The first-order chi connectivity index (χ1) is 13.0. The Bertz CT molecular complexity index is 1140. The predicted molar refractivity (Wildman–Crippen MR) is 128 cm³/mol. The highest BCUT2D eigenvalue weighted by Crippen LogP contribution is 2.40. The van der Waals surface area contributed by atoms with Crippen molar-refractivity contribution in [1.82, 2.24) is 4.98 Å². The molecule has 3 aromatic carbocycles. The van der Waals surface area contributed by atoms with E-state index >= 15 is 0 Å². The van der Waals surface area contributed by atoms with Crippen molar-refractivity contribution in [3.63, 3.8) is 0 Å². The van der Waals surface area contributed by atoms with Crippen molar-refractivity contribution in [1.29, 1.82) is 0 Å². The Hall–Kier alpha value is -1.29. The first-order valence-electron chi connectivity index (χ1n) is 7.94. The maximum atomic E-state index is 12.9. The van der Waals surface area contributed by atoms with Gasteiger partial charge in [-0.15, -0.1) is 11.3 Å². The number of carbonyl (C=O) groups excluding carboxylic acids is 1. The van der Waals surface area contributed by atoms with Gasteiger partial charge in [-0.2, -0.15) is 0 Å². The zero-order valence-corrected chi connectivity index (χ0v) is 19.8. The number of hydrogen-bond donors (Lipinski definition) is 1. The third-order valence-electron chi connectivity index (χ3n) is 3.94. The van der Waals surface area contributed by atoms with E-state index in [9.17, 15) is 4.79 Å². The number of anilines is 1. The van der Waals surface area contributed by atoms with Gasteiger partial charge < -0.3 is 5.32 Å². The molecule has 0 spiro atoms. The number of halogens is 3. The molecule has 0 saturated carbocycles. The molecule has 0 fully saturated rings.